The Labute approximate surface area is 124 Å². The van der Waals surface area contributed by atoms with Crippen LogP contribution in [-0.4, -0.2) is 29.8 Å². The topological polar surface area (TPSA) is 75.6 Å². The van der Waals surface area contributed by atoms with Crippen molar-refractivity contribution in [2.75, 3.05) is 6.61 Å². The van der Waals surface area contributed by atoms with Crippen LogP contribution >= 0.6 is 0 Å². The maximum Gasteiger partial charge on any atom is 0.422 e. The summed E-state index contributed by atoms with van der Waals surface area (Å²) in [5, 5.41) is 11.5. The number of carboxylic acids is 1. The predicted molar refractivity (Wildman–Crippen MR) is 69.1 cm³/mol. The fraction of sp³-hybridized carbons (Fsp3) is 0.429. The van der Waals surface area contributed by atoms with Gasteiger partial charge in [0.05, 0.1) is 0 Å². The minimum absolute atomic E-state index is 0.0249. The zero-order valence-electron chi connectivity index (χ0n) is 11.4. The first kappa shape index (κ1) is 16.1. The highest BCUT2D eigenvalue weighted by Crippen LogP contribution is 2.46. The molecule has 1 saturated carbocycles. The van der Waals surface area contributed by atoms with E-state index in [4.69, 9.17) is 5.11 Å². The van der Waals surface area contributed by atoms with Crippen molar-refractivity contribution in [3.8, 4) is 5.75 Å². The summed E-state index contributed by atoms with van der Waals surface area (Å²) in [6, 6.07) is 5.83. The van der Waals surface area contributed by atoms with Crippen molar-refractivity contribution in [2.24, 2.45) is 5.41 Å². The fourth-order valence-electron chi connectivity index (χ4n) is 1.92. The Morgan fingerprint density at radius 1 is 1.32 bits per heavy atom. The number of halogens is 3. The van der Waals surface area contributed by atoms with E-state index >= 15 is 0 Å². The molecule has 0 unspecified atom stereocenters. The van der Waals surface area contributed by atoms with E-state index in [1.54, 1.807) is 6.07 Å². The lowest BCUT2D eigenvalue weighted by Crippen LogP contribution is -2.36. The first-order valence-corrected chi connectivity index (χ1v) is 6.53. The Bertz CT molecular complexity index is 582. The maximum atomic E-state index is 12.1. The summed E-state index contributed by atoms with van der Waals surface area (Å²) in [6.07, 6.45) is -3.84. The van der Waals surface area contributed by atoms with Gasteiger partial charge in [-0.2, -0.15) is 13.2 Å². The predicted octanol–water partition coefficient (Wildman–Crippen LogP) is 2.11. The third kappa shape index (κ3) is 3.90. The summed E-state index contributed by atoms with van der Waals surface area (Å²) >= 11 is 0. The van der Waals surface area contributed by atoms with Gasteiger partial charge in [-0.3, -0.25) is 9.59 Å². The van der Waals surface area contributed by atoms with Crippen LogP contribution in [0.2, 0.25) is 0 Å². The van der Waals surface area contributed by atoms with E-state index in [0.29, 0.717) is 18.4 Å². The number of amides is 1. The molecule has 22 heavy (non-hydrogen) atoms. The van der Waals surface area contributed by atoms with Gasteiger partial charge in [-0.05, 0) is 30.5 Å². The Morgan fingerprint density at radius 2 is 2.00 bits per heavy atom. The minimum atomic E-state index is -4.43. The molecule has 1 aromatic carbocycles. The van der Waals surface area contributed by atoms with Gasteiger partial charge in [0.15, 0.2) is 6.61 Å². The molecular weight excluding hydrogens is 303 g/mol. The van der Waals surface area contributed by atoms with Gasteiger partial charge < -0.3 is 15.2 Å². The van der Waals surface area contributed by atoms with Crippen molar-refractivity contribution in [1.29, 1.82) is 0 Å². The van der Waals surface area contributed by atoms with Gasteiger partial charge in [0.1, 0.15) is 11.2 Å². The normalized spacial score (nSPS) is 16.0. The van der Waals surface area contributed by atoms with Crippen molar-refractivity contribution in [3.63, 3.8) is 0 Å². The number of ether oxygens (including phenoxy) is 1. The van der Waals surface area contributed by atoms with E-state index in [0.717, 1.165) is 0 Å². The highest BCUT2D eigenvalue weighted by atomic mass is 19.4. The Balaban J connectivity index is 1.91. The molecule has 1 aromatic rings. The monoisotopic (exact) mass is 317 g/mol. The first-order valence-electron chi connectivity index (χ1n) is 6.53. The van der Waals surface area contributed by atoms with Gasteiger partial charge >= 0.3 is 12.1 Å². The van der Waals surface area contributed by atoms with E-state index in [1.165, 1.54) is 18.2 Å². The molecule has 5 nitrogen and oxygen atoms in total. The second kappa shape index (κ2) is 5.86. The van der Waals surface area contributed by atoms with Gasteiger partial charge in [-0.25, -0.2) is 0 Å². The highest BCUT2D eigenvalue weighted by molar-refractivity contribution is 6.04. The zero-order chi connectivity index (χ0) is 16.4. The minimum Gasteiger partial charge on any atom is -0.484 e. The van der Waals surface area contributed by atoms with Crippen LogP contribution in [0.3, 0.4) is 0 Å². The molecule has 1 aliphatic carbocycles. The number of benzene rings is 1. The van der Waals surface area contributed by atoms with Crippen molar-refractivity contribution in [1.82, 2.24) is 5.32 Å². The van der Waals surface area contributed by atoms with Crippen LogP contribution in [0.4, 0.5) is 13.2 Å². The van der Waals surface area contributed by atoms with Gasteiger partial charge in [0.2, 0.25) is 5.91 Å². The second-order valence-corrected chi connectivity index (χ2v) is 5.12. The third-order valence-corrected chi connectivity index (χ3v) is 3.35. The zero-order valence-corrected chi connectivity index (χ0v) is 11.4. The number of hydrogen-bond donors (Lipinski definition) is 2. The van der Waals surface area contributed by atoms with Crippen LogP contribution in [-0.2, 0) is 16.1 Å². The molecule has 1 aliphatic rings. The SMILES string of the molecule is O=C(O)C1(C(=O)NCc2cccc(OCC(F)(F)F)c2)CC1. The number of carboxylic acid groups (broad SMARTS) is 1. The quantitative estimate of drug-likeness (QED) is 0.788. The number of carbonyl (C=O) groups is 2. The average molecular weight is 317 g/mol. The molecule has 0 bridgehead atoms. The number of hydrogen-bond acceptors (Lipinski definition) is 3. The Hall–Kier alpha value is -2.25. The molecule has 2 N–H and O–H groups in total. The summed E-state index contributed by atoms with van der Waals surface area (Å²) in [6.45, 7) is -1.37. The van der Waals surface area contributed by atoms with E-state index in [1.807, 2.05) is 0 Å². The lowest BCUT2D eigenvalue weighted by molar-refractivity contribution is -0.153. The molecular formula is C14H14F3NO4. The molecule has 120 valence electrons. The number of alkyl halides is 3. The molecule has 0 radical (unpaired) electrons. The third-order valence-electron chi connectivity index (χ3n) is 3.35. The summed E-state index contributed by atoms with van der Waals surface area (Å²) in [7, 11) is 0. The smallest absolute Gasteiger partial charge is 0.422 e. The van der Waals surface area contributed by atoms with Crippen LogP contribution in [0.5, 0.6) is 5.75 Å². The molecule has 0 aliphatic heterocycles. The summed E-state index contributed by atoms with van der Waals surface area (Å²) in [4.78, 5) is 22.8. The summed E-state index contributed by atoms with van der Waals surface area (Å²) in [5.74, 6) is -1.71. The van der Waals surface area contributed by atoms with Crippen LogP contribution in [0, 0.1) is 5.41 Å². The number of carbonyl (C=O) groups excluding carboxylic acids is 1. The fourth-order valence-corrected chi connectivity index (χ4v) is 1.92. The summed E-state index contributed by atoms with van der Waals surface area (Å²) < 4.78 is 40.8. The molecule has 1 amide bonds. The van der Waals surface area contributed by atoms with E-state index in [9.17, 15) is 22.8 Å². The Morgan fingerprint density at radius 3 is 2.55 bits per heavy atom. The van der Waals surface area contributed by atoms with Crippen molar-refractivity contribution < 1.29 is 32.6 Å². The molecule has 0 atom stereocenters. The molecule has 0 saturated heterocycles. The standard InChI is InChI=1S/C14H14F3NO4/c15-14(16,17)8-22-10-3-1-2-9(6-10)7-18-11(19)13(4-5-13)12(20)21/h1-3,6H,4-5,7-8H2,(H,18,19)(H,20,21). The molecule has 2 rings (SSSR count). The molecule has 0 heterocycles. The molecule has 1 fully saturated rings. The highest BCUT2D eigenvalue weighted by Gasteiger charge is 2.56. The van der Waals surface area contributed by atoms with E-state index in [2.05, 4.69) is 10.1 Å². The van der Waals surface area contributed by atoms with E-state index < -0.39 is 30.1 Å². The average Bonchev–Trinajstić information content (AvgIpc) is 3.24. The second-order valence-electron chi connectivity index (χ2n) is 5.12. The Kier molecular flexibility index (Phi) is 4.30. The van der Waals surface area contributed by atoms with Crippen LogP contribution in [0.1, 0.15) is 18.4 Å². The van der Waals surface area contributed by atoms with Crippen molar-refractivity contribution in [2.45, 2.75) is 25.6 Å². The lowest BCUT2D eigenvalue weighted by Gasteiger charge is -2.12. The van der Waals surface area contributed by atoms with Crippen molar-refractivity contribution in [3.05, 3.63) is 29.8 Å². The van der Waals surface area contributed by atoms with E-state index in [-0.39, 0.29) is 12.3 Å². The van der Waals surface area contributed by atoms with Crippen molar-refractivity contribution >= 4 is 11.9 Å². The number of aliphatic carboxylic acids is 1. The van der Waals surface area contributed by atoms with Crippen LogP contribution < -0.4 is 10.1 Å². The maximum absolute atomic E-state index is 12.1. The molecule has 0 spiro atoms. The van der Waals surface area contributed by atoms with Gasteiger partial charge in [0, 0.05) is 6.54 Å². The number of nitrogens with one attached hydrogen (secondary N) is 1. The summed E-state index contributed by atoms with van der Waals surface area (Å²) in [5.41, 5.74) is -0.820. The largest absolute Gasteiger partial charge is 0.484 e. The van der Waals surface area contributed by atoms with Crippen LogP contribution in [0.15, 0.2) is 24.3 Å². The lowest BCUT2D eigenvalue weighted by atomic mass is 10.1. The molecule has 8 heteroatoms. The van der Waals surface area contributed by atoms with Gasteiger partial charge in [-0.1, -0.05) is 12.1 Å². The first-order chi connectivity index (χ1) is 10.2. The number of rotatable bonds is 6. The van der Waals surface area contributed by atoms with Gasteiger partial charge in [0.25, 0.3) is 0 Å². The van der Waals surface area contributed by atoms with Gasteiger partial charge in [-0.15, -0.1) is 0 Å². The molecule has 0 aromatic heterocycles. The van der Waals surface area contributed by atoms with Crippen LogP contribution in [0.25, 0.3) is 0 Å².